The first-order valence-corrected chi connectivity index (χ1v) is 9.17. The molecule has 0 aliphatic heterocycles. The van der Waals surface area contributed by atoms with E-state index in [4.69, 9.17) is 18.9 Å². The van der Waals surface area contributed by atoms with E-state index in [1.807, 2.05) is 12.1 Å². The molecule has 3 aliphatic carbocycles. The second kappa shape index (κ2) is 6.89. The van der Waals surface area contributed by atoms with Gasteiger partial charge in [0, 0.05) is 11.5 Å². The Labute approximate surface area is 163 Å². The number of methoxy groups -OCH3 is 4. The Morgan fingerprint density at radius 1 is 1.07 bits per heavy atom. The van der Waals surface area contributed by atoms with E-state index >= 15 is 0 Å². The number of fused-ring (bicyclic) bond motifs is 5. The van der Waals surface area contributed by atoms with Crippen LogP contribution in [0.25, 0.3) is 5.57 Å². The van der Waals surface area contributed by atoms with E-state index < -0.39 is 0 Å². The van der Waals surface area contributed by atoms with Gasteiger partial charge in [0.15, 0.2) is 17.3 Å². The lowest BCUT2D eigenvalue weighted by Gasteiger charge is -2.40. The smallest absolute Gasteiger partial charge is 0.207 e. The van der Waals surface area contributed by atoms with Crippen LogP contribution in [0.4, 0.5) is 0 Å². The molecule has 1 amide bonds. The molecule has 0 fully saturated rings. The van der Waals surface area contributed by atoms with Gasteiger partial charge in [0.1, 0.15) is 0 Å². The number of ketones is 1. The van der Waals surface area contributed by atoms with Crippen LogP contribution in [-0.4, -0.2) is 46.7 Å². The molecule has 0 saturated heterocycles. The van der Waals surface area contributed by atoms with Crippen LogP contribution >= 0.6 is 0 Å². The monoisotopic (exact) mass is 385 g/mol. The molecular formula is C21H23NO6. The van der Waals surface area contributed by atoms with Gasteiger partial charge < -0.3 is 24.3 Å². The molecule has 7 nitrogen and oxygen atoms in total. The normalized spacial score (nSPS) is 24.8. The van der Waals surface area contributed by atoms with Crippen molar-refractivity contribution in [3.8, 4) is 17.2 Å². The van der Waals surface area contributed by atoms with Crippen molar-refractivity contribution in [2.45, 2.75) is 18.9 Å². The second-order valence-electron chi connectivity index (χ2n) is 7.03. The number of hydrogen-bond acceptors (Lipinski definition) is 6. The maximum Gasteiger partial charge on any atom is 0.207 e. The standard InChI is InChI=1S/C21H23NO6/c1-25-13-8-11-16-15-10(7-14(26-2)20(27-3)21(15)28-4)5-6-12(22-9-23)18(16)17(11)19(13)24/h7-9,11-12,17H,5-6H2,1-4H3,(H,22,23)/t11-,12-,17+/m1/s1. The first kappa shape index (κ1) is 18.4. The predicted octanol–water partition coefficient (Wildman–Crippen LogP) is 1.89. The average Bonchev–Trinajstić information content (AvgIpc) is 2.89. The van der Waals surface area contributed by atoms with Gasteiger partial charge in [-0.15, -0.1) is 0 Å². The number of nitrogens with one attached hydrogen (secondary N) is 1. The number of hydrogen-bond donors (Lipinski definition) is 1. The average molecular weight is 385 g/mol. The van der Waals surface area contributed by atoms with Gasteiger partial charge in [-0.25, -0.2) is 0 Å². The van der Waals surface area contributed by atoms with Gasteiger partial charge in [0.25, 0.3) is 0 Å². The number of allylic oxidation sites excluding steroid dienone is 3. The maximum atomic E-state index is 12.8. The van der Waals surface area contributed by atoms with Crippen molar-refractivity contribution in [3.63, 3.8) is 0 Å². The molecule has 0 unspecified atom stereocenters. The number of amides is 1. The minimum atomic E-state index is -0.300. The van der Waals surface area contributed by atoms with Crippen LogP contribution in [0.5, 0.6) is 17.2 Å². The Morgan fingerprint density at radius 2 is 1.82 bits per heavy atom. The van der Waals surface area contributed by atoms with E-state index in [1.54, 1.807) is 21.3 Å². The fourth-order valence-electron chi connectivity index (χ4n) is 4.80. The lowest BCUT2D eigenvalue weighted by molar-refractivity contribution is -0.121. The first-order valence-electron chi connectivity index (χ1n) is 9.17. The molecule has 0 spiro atoms. The summed E-state index contributed by atoms with van der Waals surface area (Å²) in [7, 11) is 6.26. The SMILES string of the molecule is COC1=C[C@@H]2C3=C([C@H]2C1=O)[C@H](NC=O)CCc1cc(OC)c(OC)c(OC)c13. The van der Waals surface area contributed by atoms with Crippen LogP contribution in [-0.2, 0) is 20.7 Å². The molecule has 148 valence electrons. The molecule has 4 rings (SSSR count). The molecule has 7 heteroatoms. The summed E-state index contributed by atoms with van der Waals surface area (Å²) in [5.41, 5.74) is 3.92. The number of rotatable bonds is 6. The topological polar surface area (TPSA) is 83.1 Å². The Morgan fingerprint density at radius 3 is 2.43 bits per heavy atom. The highest BCUT2D eigenvalue weighted by Crippen LogP contribution is 2.59. The molecule has 1 N–H and O–H groups in total. The van der Waals surface area contributed by atoms with Crippen LogP contribution in [0.1, 0.15) is 17.5 Å². The number of carbonyl (C=O) groups excluding carboxylic acids is 2. The molecule has 3 aliphatic rings. The fourth-order valence-corrected chi connectivity index (χ4v) is 4.80. The molecule has 1 aromatic rings. The summed E-state index contributed by atoms with van der Waals surface area (Å²) in [6.07, 6.45) is 3.96. The van der Waals surface area contributed by atoms with Crippen LogP contribution in [0.2, 0.25) is 0 Å². The highest BCUT2D eigenvalue weighted by Gasteiger charge is 2.54. The Bertz CT molecular complexity index is 916. The van der Waals surface area contributed by atoms with E-state index in [9.17, 15) is 9.59 Å². The number of aryl methyl sites for hydroxylation is 1. The molecule has 0 heterocycles. The van der Waals surface area contributed by atoms with Crippen molar-refractivity contribution in [3.05, 3.63) is 34.6 Å². The van der Waals surface area contributed by atoms with Crippen molar-refractivity contribution >= 4 is 17.8 Å². The van der Waals surface area contributed by atoms with Crippen molar-refractivity contribution in [2.75, 3.05) is 28.4 Å². The molecular weight excluding hydrogens is 362 g/mol. The van der Waals surface area contributed by atoms with E-state index in [-0.39, 0.29) is 23.7 Å². The predicted molar refractivity (Wildman–Crippen MR) is 101 cm³/mol. The summed E-state index contributed by atoms with van der Waals surface area (Å²) in [5.74, 6) is 1.63. The number of carbonyl (C=O) groups is 2. The van der Waals surface area contributed by atoms with Gasteiger partial charge in [-0.1, -0.05) is 0 Å². The van der Waals surface area contributed by atoms with Crippen LogP contribution in [0, 0.1) is 11.8 Å². The zero-order chi connectivity index (χ0) is 20.0. The third-order valence-electron chi connectivity index (χ3n) is 5.94. The van der Waals surface area contributed by atoms with Crippen molar-refractivity contribution < 1.29 is 28.5 Å². The minimum Gasteiger partial charge on any atom is -0.493 e. The summed E-state index contributed by atoms with van der Waals surface area (Å²) in [6, 6.07) is 1.74. The van der Waals surface area contributed by atoms with Gasteiger partial charge in [-0.2, -0.15) is 0 Å². The summed E-state index contributed by atoms with van der Waals surface area (Å²) < 4.78 is 22.1. The summed E-state index contributed by atoms with van der Waals surface area (Å²) in [6.45, 7) is 0. The van der Waals surface area contributed by atoms with Gasteiger partial charge in [0.05, 0.1) is 40.4 Å². The Kier molecular flexibility index (Phi) is 4.53. The van der Waals surface area contributed by atoms with E-state index in [1.165, 1.54) is 7.11 Å². The third-order valence-corrected chi connectivity index (χ3v) is 5.94. The molecule has 0 radical (unpaired) electrons. The number of ether oxygens (including phenoxy) is 4. The third kappa shape index (κ3) is 2.35. The zero-order valence-electron chi connectivity index (χ0n) is 16.3. The van der Waals surface area contributed by atoms with Crippen LogP contribution < -0.4 is 19.5 Å². The van der Waals surface area contributed by atoms with Crippen molar-refractivity contribution in [1.82, 2.24) is 5.32 Å². The maximum absolute atomic E-state index is 12.8. The molecule has 0 aromatic heterocycles. The number of Topliss-reactive ketones (excluding diaryl/α,β-unsaturated/α-hetero) is 1. The molecule has 0 bridgehead atoms. The number of benzene rings is 1. The quantitative estimate of drug-likeness (QED) is 0.753. The van der Waals surface area contributed by atoms with Crippen molar-refractivity contribution in [1.29, 1.82) is 0 Å². The molecule has 1 aromatic carbocycles. The summed E-state index contributed by atoms with van der Waals surface area (Å²) >= 11 is 0. The zero-order valence-corrected chi connectivity index (χ0v) is 16.3. The fraction of sp³-hybridized carbons (Fsp3) is 0.429. The van der Waals surface area contributed by atoms with E-state index in [0.29, 0.717) is 42.3 Å². The Balaban J connectivity index is 1.97. The Hall–Kier alpha value is -2.96. The highest BCUT2D eigenvalue weighted by atomic mass is 16.5. The molecule has 28 heavy (non-hydrogen) atoms. The van der Waals surface area contributed by atoms with Crippen molar-refractivity contribution in [2.24, 2.45) is 11.8 Å². The largest absolute Gasteiger partial charge is 0.493 e. The lowest BCUT2D eigenvalue weighted by atomic mass is 9.64. The minimum absolute atomic E-state index is 0.0353. The van der Waals surface area contributed by atoms with Crippen LogP contribution in [0.3, 0.4) is 0 Å². The summed E-state index contributed by atoms with van der Waals surface area (Å²) in [4.78, 5) is 24.0. The highest BCUT2D eigenvalue weighted by molar-refractivity contribution is 6.08. The van der Waals surface area contributed by atoms with Gasteiger partial charge in [-0.3, -0.25) is 9.59 Å². The molecule has 0 saturated carbocycles. The van der Waals surface area contributed by atoms with E-state index in [2.05, 4.69) is 5.32 Å². The van der Waals surface area contributed by atoms with Gasteiger partial charge in [-0.05, 0) is 41.7 Å². The summed E-state index contributed by atoms with van der Waals surface area (Å²) in [5, 5.41) is 2.89. The first-order chi connectivity index (χ1) is 13.6. The lowest BCUT2D eigenvalue weighted by Crippen LogP contribution is -2.42. The van der Waals surface area contributed by atoms with E-state index in [0.717, 1.165) is 22.3 Å². The molecule has 3 atom stereocenters. The second-order valence-corrected chi connectivity index (χ2v) is 7.03. The van der Waals surface area contributed by atoms with Crippen LogP contribution in [0.15, 0.2) is 23.5 Å². The van der Waals surface area contributed by atoms with Gasteiger partial charge in [0.2, 0.25) is 17.9 Å². The van der Waals surface area contributed by atoms with Gasteiger partial charge >= 0.3 is 0 Å².